The Labute approximate surface area is 157 Å². The SMILES string of the molecule is C=NC(=NC(=N)C(=CNNC(=O)OC(C)(C)C)C(=C)C)c1cncc(F)c1. The van der Waals surface area contributed by atoms with Crippen LogP contribution >= 0.6 is 0 Å². The van der Waals surface area contributed by atoms with E-state index >= 15 is 0 Å². The van der Waals surface area contributed by atoms with E-state index in [1.165, 1.54) is 18.5 Å². The number of rotatable bonds is 5. The minimum absolute atomic E-state index is 0.0271. The molecule has 0 aliphatic heterocycles. The molecule has 1 rings (SSSR count). The van der Waals surface area contributed by atoms with Gasteiger partial charge in [-0.1, -0.05) is 6.58 Å². The number of nitrogens with zero attached hydrogens (tertiary/aromatic N) is 3. The Morgan fingerprint density at radius 2 is 2.07 bits per heavy atom. The standard InChI is InChI=1S/C18H23FN6O2/c1-11(2)14(10-23-25-17(26)27-18(3,4)5)15(20)24-16(21-6)12-7-13(19)9-22-8-12/h7-10,20,23H,1,6H2,2-5H3,(H,25,26). The Bertz CT molecular complexity index is 808. The number of aliphatic imine (C=N–C) groups is 2. The molecular weight excluding hydrogens is 351 g/mol. The predicted molar refractivity (Wildman–Crippen MR) is 103 cm³/mol. The molecule has 144 valence electrons. The first-order chi connectivity index (χ1) is 12.5. The van der Waals surface area contributed by atoms with E-state index < -0.39 is 17.5 Å². The van der Waals surface area contributed by atoms with E-state index in [4.69, 9.17) is 10.1 Å². The van der Waals surface area contributed by atoms with Gasteiger partial charge in [-0.05, 0) is 46.1 Å². The summed E-state index contributed by atoms with van der Waals surface area (Å²) in [6.07, 6.45) is 3.05. The minimum Gasteiger partial charge on any atom is -0.443 e. The molecule has 9 heteroatoms. The zero-order valence-corrected chi connectivity index (χ0v) is 15.8. The summed E-state index contributed by atoms with van der Waals surface area (Å²) in [5, 5.41) is 8.14. The van der Waals surface area contributed by atoms with Crippen molar-refractivity contribution in [2.24, 2.45) is 9.98 Å². The van der Waals surface area contributed by atoms with Crippen molar-refractivity contribution in [3.05, 3.63) is 53.8 Å². The van der Waals surface area contributed by atoms with Gasteiger partial charge in [-0.3, -0.25) is 10.4 Å². The maximum absolute atomic E-state index is 13.3. The lowest BCUT2D eigenvalue weighted by Gasteiger charge is -2.19. The van der Waals surface area contributed by atoms with E-state index in [0.29, 0.717) is 5.57 Å². The molecule has 0 saturated heterocycles. The summed E-state index contributed by atoms with van der Waals surface area (Å²) in [5.74, 6) is -0.749. The largest absolute Gasteiger partial charge is 0.443 e. The molecule has 1 amide bonds. The van der Waals surface area contributed by atoms with E-state index in [0.717, 1.165) is 6.20 Å². The number of hydrogen-bond acceptors (Lipinski definition) is 5. The number of pyridine rings is 1. The molecule has 0 fully saturated rings. The van der Waals surface area contributed by atoms with Crippen molar-refractivity contribution >= 4 is 24.5 Å². The van der Waals surface area contributed by atoms with Crippen LogP contribution in [0.25, 0.3) is 0 Å². The fraction of sp³-hybridized carbons (Fsp3) is 0.278. The van der Waals surface area contributed by atoms with Crippen LogP contribution in [0.2, 0.25) is 0 Å². The second-order valence-electron chi connectivity index (χ2n) is 6.44. The van der Waals surface area contributed by atoms with Crippen molar-refractivity contribution in [2.45, 2.75) is 33.3 Å². The van der Waals surface area contributed by atoms with Crippen molar-refractivity contribution in [1.82, 2.24) is 15.8 Å². The molecule has 0 unspecified atom stereocenters. The number of ether oxygens (including phenoxy) is 1. The van der Waals surface area contributed by atoms with Crippen molar-refractivity contribution < 1.29 is 13.9 Å². The van der Waals surface area contributed by atoms with Crippen LogP contribution in [0.1, 0.15) is 33.3 Å². The molecule has 0 aromatic carbocycles. The summed E-state index contributed by atoms with van der Waals surface area (Å²) in [4.78, 5) is 23.1. The van der Waals surface area contributed by atoms with Crippen LogP contribution in [0.3, 0.4) is 0 Å². The summed E-state index contributed by atoms with van der Waals surface area (Å²) in [5.41, 5.74) is 5.27. The zero-order valence-electron chi connectivity index (χ0n) is 15.8. The number of carbonyl (C=O) groups excluding carboxylic acids is 1. The zero-order chi connectivity index (χ0) is 20.6. The highest BCUT2D eigenvalue weighted by atomic mass is 19.1. The van der Waals surface area contributed by atoms with E-state index in [1.54, 1.807) is 27.7 Å². The molecule has 3 N–H and O–H groups in total. The lowest BCUT2D eigenvalue weighted by Crippen LogP contribution is -2.38. The Balaban J connectivity index is 2.95. The van der Waals surface area contributed by atoms with Crippen molar-refractivity contribution in [3.8, 4) is 0 Å². The predicted octanol–water partition coefficient (Wildman–Crippen LogP) is 3.13. The monoisotopic (exact) mass is 374 g/mol. The molecule has 8 nitrogen and oxygen atoms in total. The number of hydrazine groups is 1. The highest BCUT2D eigenvalue weighted by Gasteiger charge is 2.15. The number of halogens is 1. The first kappa shape index (κ1) is 21.7. The van der Waals surface area contributed by atoms with Gasteiger partial charge in [0.25, 0.3) is 0 Å². The second kappa shape index (κ2) is 9.37. The van der Waals surface area contributed by atoms with Gasteiger partial charge in [0, 0.05) is 23.5 Å². The lowest BCUT2D eigenvalue weighted by atomic mass is 10.1. The van der Waals surface area contributed by atoms with Crippen LogP contribution in [0.15, 0.2) is 52.4 Å². The topological polar surface area (TPSA) is 112 Å². The van der Waals surface area contributed by atoms with Gasteiger partial charge in [-0.15, -0.1) is 0 Å². The summed E-state index contributed by atoms with van der Waals surface area (Å²) in [7, 11) is 0. The van der Waals surface area contributed by atoms with Crippen molar-refractivity contribution in [1.29, 1.82) is 5.41 Å². The maximum Gasteiger partial charge on any atom is 0.426 e. The third kappa shape index (κ3) is 7.59. The van der Waals surface area contributed by atoms with Crippen LogP contribution in [0.5, 0.6) is 0 Å². The van der Waals surface area contributed by atoms with E-state index in [2.05, 4.69) is 39.1 Å². The number of carbonyl (C=O) groups is 1. The normalized spacial score (nSPS) is 12.2. The molecule has 0 spiro atoms. The maximum atomic E-state index is 13.3. The fourth-order valence-corrected chi connectivity index (χ4v) is 1.76. The molecule has 1 aromatic rings. The van der Waals surface area contributed by atoms with Gasteiger partial charge >= 0.3 is 6.09 Å². The van der Waals surface area contributed by atoms with Crippen molar-refractivity contribution in [2.75, 3.05) is 0 Å². The van der Waals surface area contributed by atoms with Gasteiger partial charge in [0.15, 0.2) is 11.7 Å². The molecule has 0 bridgehead atoms. The van der Waals surface area contributed by atoms with Gasteiger partial charge in [0.1, 0.15) is 11.4 Å². The average Bonchev–Trinajstić information content (AvgIpc) is 2.54. The smallest absolute Gasteiger partial charge is 0.426 e. The number of amidine groups is 2. The van der Waals surface area contributed by atoms with Gasteiger partial charge in [-0.2, -0.15) is 0 Å². The molecule has 0 radical (unpaired) electrons. The Morgan fingerprint density at radius 1 is 1.41 bits per heavy atom. The van der Waals surface area contributed by atoms with E-state index in [-0.39, 0.29) is 22.8 Å². The minimum atomic E-state index is -0.686. The van der Waals surface area contributed by atoms with Crippen LogP contribution in [0.4, 0.5) is 9.18 Å². The third-order valence-corrected chi connectivity index (χ3v) is 2.84. The van der Waals surface area contributed by atoms with Crippen LogP contribution in [-0.4, -0.2) is 35.1 Å². The van der Waals surface area contributed by atoms with Gasteiger partial charge < -0.3 is 10.2 Å². The quantitative estimate of drug-likeness (QED) is 0.318. The first-order valence-corrected chi connectivity index (χ1v) is 7.89. The molecule has 1 aromatic heterocycles. The third-order valence-electron chi connectivity index (χ3n) is 2.84. The highest BCUT2D eigenvalue weighted by molar-refractivity contribution is 6.12. The molecular formula is C18H23FN6O2. The Morgan fingerprint density at radius 3 is 2.59 bits per heavy atom. The Hall–Kier alpha value is -3.36. The molecule has 1 heterocycles. The number of nitrogens with one attached hydrogen (secondary N) is 3. The highest BCUT2D eigenvalue weighted by Crippen LogP contribution is 2.11. The van der Waals surface area contributed by atoms with Crippen molar-refractivity contribution in [3.63, 3.8) is 0 Å². The van der Waals surface area contributed by atoms with E-state index in [9.17, 15) is 9.18 Å². The number of amides is 1. The van der Waals surface area contributed by atoms with Gasteiger partial charge in [0.2, 0.25) is 0 Å². The fourth-order valence-electron chi connectivity index (χ4n) is 1.76. The van der Waals surface area contributed by atoms with Crippen LogP contribution < -0.4 is 10.9 Å². The van der Waals surface area contributed by atoms with Gasteiger partial charge in [-0.25, -0.2) is 24.6 Å². The molecule has 0 atom stereocenters. The summed E-state index contributed by atoms with van der Waals surface area (Å²) >= 11 is 0. The second-order valence-corrected chi connectivity index (χ2v) is 6.44. The first-order valence-electron chi connectivity index (χ1n) is 7.89. The van der Waals surface area contributed by atoms with Gasteiger partial charge in [0.05, 0.1) is 6.20 Å². The van der Waals surface area contributed by atoms with E-state index in [1.807, 2.05) is 0 Å². The molecule has 0 aliphatic rings. The molecule has 27 heavy (non-hydrogen) atoms. The summed E-state index contributed by atoms with van der Waals surface area (Å²) in [6.45, 7) is 14.0. The molecule has 0 aliphatic carbocycles. The van der Waals surface area contributed by atoms with Crippen LogP contribution in [-0.2, 0) is 4.74 Å². The number of hydrogen-bond donors (Lipinski definition) is 3. The summed E-state index contributed by atoms with van der Waals surface area (Å²) < 4.78 is 18.4. The lowest BCUT2D eigenvalue weighted by molar-refractivity contribution is 0.0509. The molecule has 0 saturated carbocycles. The summed E-state index contributed by atoms with van der Waals surface area (Å²) in [6, 6.07) is 1.18. The average molecular weight is 374 g/mol. The van der Waals surface area contributed by atoms with Crippen LogP contribution in [0, 0.1) is 11.2 Å². The number of aromatic nitrogens is 1. The Kier molecular flexibility index (Phi) is 7.52.